The highest BCUT2D eigenvalue weighted by molar-refractivity contribution is 5.69. The molecule has 0 radical (unpaired) electrons. The van der Waals surface area contributed by atoms with E-state index in [1.807, 2.05) is 6.08 Å². The highest BCUT2D eigenvalue weighted by atomic mass is 14.1. The molecule has 2 aliphatic rings. The molecular formula is C14H12. The van der Waals surface area contributed by atoms with Crippen molar-refractivity contribution in [3.63, 3.8) is 0 Å². The van der Waals surface area contributed by atoms with Crippen molar-refractivity contribution in [2.45, 2.75) is 6.42 Å². The normalized spacial score (nSPS) is 9.71. The fourth-order valence-electron chi connectivity index (χ4n) is 1.65. The molecule has 0 unspecified atom stereocenters. The maximum absolute atomic E-state index is 3.58. The maximum atomic E-state index is 3.58. The van der Waals surface area contributed by atoms with Gasteiger partial charge in [0, 0.05) is 0 Å². The minimum atomic E-state index is 0.901. The summed E-state index contributed by atoms with van der Waals surface area (Å²) in [5.41, 5.74) is 6.75. The molecule has 0 aromatic rings. The summed E-state index contributed by atoms with van der Waals surface area (Å²) >= 11 is 0. The van der Waals surface area contributed by atoms with Gasteiger partial charge in [-0.3, -0.25) is 0 Å². The van der Waals surface area contributed by atoms with E-state index in [4.69, 9.17) is 0 Å². The van der Waals surface area contributed by atoms with Crippen molar-refractivity contribution in [1.82, 2.24) is 0 Å². The summed E-state index contributed by atoms with van der Waals surface area (Å²) in [5, 5.41) is 0. The summed E-state index contributed by atoms with van der Waals surface area (Å²) in [4.78, 5) is 0. The Hall–Kier alpha value is -1.78. The van der Waals surface area contributed by atoms with Crippen LogP contribution < -0.4 is 0 Å². The Kier molecular flexibility index (Phi) is 2.48. The van der Waals surface area contributed by atoms with E-state index in [2.05, 4.69) is 54.8 Å². The molecule has 0 bridgehead atoms. The number of hydrogen-bond acceptors (Lipinski definition) is 0. The second kappa shape index (κ2) is 3.95. The Balaban J connectivity index is 2.51. The van der Waals surface area contributed by atoms with Crippen LogP contribution in [0.5, 0.6) is 0 Å². The van der Waals surface area contributed by atoms with Crippen LogP contribution in [0.15, 0.2) is 60.9 Å². The van der Waals surface area contributed by atoms with E-state index < -0.39 is 0 Å². The minimum absolute atomic E-state index is 0.901. The summed E-state index contributed by atoms with van der Waals surface area (Å²) < 4.78 is 0. The molecule has 0 spiro atoms. The Morgan fingerprint density at radius 1 is 1.07 bits per heavy atom. The predicted molar refractivity (Wildman–Crippen MR) is 60.5 cm³/mol. The van der Waals surface area contributed by atoms with E-state index in [0.29, 0.717) is 0 Å². The van der Waals surface area contributed by atoms with E-state index in [-0.39, 0.29) is 0 Å². The Bertz CT molecular complexity index is 448. The van der Waals surface area contributed by atoms with Crippen LogP contribution in [0.3, 0.4) is 0 Å². The number of fused-ring (bicyclic) bond motifs is 1. The first-order chi connectivity index (χ1) is 6.92. The average molecular weight is 180 g/mol. The Labute approximate surface area is 84.5 Å². The summed E-state index contributed by atoms with van der Waals surface area (Å²) in [7, 11) is 0. The molecule has 0 aromatic heterocycles. The molecule has 0 aliphatic heterocycles. The zero-order chi connectivity index (χ0) is 9.80. The van der Waals surface area contributed by atoms with Crippen LogP contribution >= 0.6 is 0 Å². The molecule has 0 saturated carbocycles. The lowest BCUT2D eigenvalue weighted by Gasteiger charge is -1.99. The van der Waals surface area contributed by atoms with Crippen molar-refractivity contribution in [1.29, 1.82) is 0 Å². The molecule has 0 aromatic carbocycles. The lowest BCUT2D eigenvalue weighted by molar-refractivity contribution is 1.29. The van der Waals surface area contributed by atoms with E-state index in [1.165, 1.54) is 16.7 Å². The quantitative estimate of drug-likeness (QED) is 0.618. The first-order valence-electron chi connectivity index (χ1n) is 4.73. The van der Waals surface area contributed by atoms with Gasteiger partial charge in [-0.1, -0.05) is 49.0 Å². The van der Waals surface area contributed by atoms with Gasteiger partial charge in [-0.25, -0.2) is 0 Å². The zero-order valence-electron chi connectivity index (χ0n) is 8.03. The third-order valence-corrected chi connectivity index (χ3v) is 2.35. The highest BCUT2D eigenvalue weighted by Gasteiger charge is 2.03. The summed E-state index contributed by atoms with van der Waals surface area (Å²) in [6, 6.07) is 14.8. The van der Waals surface area contributed by atoms with E-state index >= 15 is 0 Å². The summed E-state index contributed by atoms with van der Waals surface area (Å²) in [5.74, 6) is 0. The molecule has 0 heterocycles. The fourth-order valence-corrected chi connectivity index (χ4v) is 1.65. The van der Waals surface area contributed by atoms with Gasteiger partial charge in [0.1, 0.15) is 0 Å². The third-order valence-electron chi connectivity index (χ3n) is 2.35. The maximum Gasteiger partial charge on any atom is -0.00153 e. The van der Waals surface area contributed by atoms with Crippen LogP contribution in [0.25, 0.3) is 11.1 Å². The van der Waals surface area contributed by atoms with Gasteiger partial charge in [-0.2, -0.15) is 0 Å². The fraction of sp³-hybridized carbons (Fsp3) is 0.0714. The van der Waals surface area contributed by atoms with Gasteiger partial charge >= 0.3 is 0 Å². The predicted octanol–water partition coefficient (Wildman–Crippen LogP) is 3.68. The molecular weight excluding hydrogens is 168 g/mol. The van der Waals surface area contributed by atoms with Crippen LogP contribution in [-0.2, 0) is 6.42 Å². The molecule has 0 amide bonds. The van der Waals surface area contributed by atoms with Gasteiger partial charge < -0.3 is 0 Å². The number of hydrogen-bond donors (Lipinski definition) is 0. The van der Waals surface area contributed by atoms with Crippen LogP contribution in [-0.4, -0.2) is 0 Å². The molecule has 14 heavy (non-hydrogen) atoms. The van der Waals surface area contributed by atoms with Gasteiger partial charge in [-0.15, -0.1) is 5.73 Å². The first kappa shape index (κ1) is 8.80. The Morgan fingerprint density at radius 3 is 2.71 bits per heavy atom. The van der Waals surface area contributed by atoms with Gasteiger partial charge in [0.15, 0.2) is 0 Å². The second-order valence-electron chi connectivity index (χ2n) is 3.25. The molecule has 0 nitrogen and oxygen atoms in total. The zero-order valence-corrected chi connectivity index (χ0v) is 8.03. The number of allylic oxidation sites excluding steroid dienone is 1. The van der Waals surface area contributed by atoms with Crippen LogP contribution in [0, 0.1) is 0 Å². The van der Waals surface area contributed by atoms with Crippen molar-refractivity contribution in [2.75, 3.05) is 0 Å². The SMILES string of the molecule is C=C=CCc1ccccc2cccc1-2. The standard InChI is InChI=1S/C14H12/c1-2-3-7-12-8-4-5-9-13-10-6-11-14(12)13/h3-6,8-11H,1,7H2. The topological polar surface area (TPSA) is 0 Å². The monoisotopic (exact) mass is 180 g/mol. The molecule has 0 atom stereocenters. The van der Waals surface area contributed by atoms with Crippen LogP contribution in [0.1, 0.15) is 5.56 Å². The summed E-state index contributed by atoms with van der Waals surface area (Å²) in [6.07, 6.45) is 2.86. The van der Waals surface area contributed by atoms with Crippen molar-refractivity contribution in [3.8, 4) is 11.1 Å². The molecule has 0 fully saturated rings. The average Bonchev–Trinajstić information content (AvgIpc) is 2.58. The van der Waals surface area contributed by atoms with Crippen molar-refractivity contribution in [2.24, 2.45) is 0 Å². The minimum Gasteiger partial charge on any atom is -0.133 e. The second-order valence-corrected chi connectivity index (χ2v) is 3.25. The van der Waals surface area contributed by atoms with E-state index in [9.17, 15) is 0 Å². The largest absolute Gasteiger partial charge is 0.133 e. The van der Waals surface area contributed by atoms with Crippen molar-refractivity contribution in [3.05, 3.63) is 66.4 Å². The molecule has 0 saturated heterocycles. The molecule has 68 valence electrons. The Morgan fingerprint density at radius 2 is 1.86 bits per heavy atom. The lowest BCUT2D eigenvalue weighted by atomic mass is 10.1. The van der Waals surface area contributed by atoms with Crippen LogP contribution in [0.4, 0.5) is 0 Å². The number of rotatable bonds is 2. The molecule has 0 heteroatoms. The summed E-state index contributed by atoms with van der Waals surface area (Å²) in [6.45, 7) is 3.58. The van der Waals surface area contributed by atoms with E-state index in [0.717, 1.165) is 6.42 Å². The van der Waals surface area contributed by atoms with Crippen LogP contribution in [0.2, 0.25) is 0 Å². The molecule has 0 N–H and O–H groups in total. The van der Waals surface area contributed by atoms with Gasteiger partial charge in [0.05, 0.1) is 0 Å². The molecule has 2 aliphatic carbocycles. The van der Waals surface area contributed by atoms with Crippen molar-refractivity contribution >= 4 is 0 Å². The molecule has 2 rings (SSSR count). The van der Waals surface area contributed by atoms with Gasteiger partial charge in [0.25, 0.3) is 0 Å². The smallest absolute Gasteiger partial charge is 0.00153 e. The van der Waals surface area contributed by atoms with Crippen molar-refractivity contribution < 1.29 is 0 Å². The highest BCUT2D eigenvalue weighted by Crippen LogP contribution is 2.25. The van der Waals surface area contributed by atoms with E-state index in [1.54, 1.807) is 0 Å². The van der Waals surface area contributed by atoms with Gasteiger partial charge in [0.2, 0.25) is 0 Å². The third kappa shape index (κ3) is 1.61. The lowest BCUT2D eigenvalue weighted by Crippen LogP contribution is -1.80. The van der Waals surface area contributed by atoms with Gasteiger partial charge in [-0.05, 0) is 29.2 Å². The first-order valence-corrected chi connectivity index (χ1v) is 4.73.